The van der Waals surface area contributed by atoms with Crippen LogP contribution < -0.4 is 4.74 Å². The van der Waals surface area contributed by atoms with Gasteiger partial charge in [0.15, 0.2) is 0 Å². The van der Waals surface area contributed by atoms with Crippen molar-refractivity contribution in [2.75, 3.05) is 6.61 Å². The summed E-state index contributed by atoms with van der Waals surface area (Å²) < 4.78 is 5.41. The van der Waals surface area contributed by atoms with E-state index in [1.54, 1.807) is 0 Å². The van der Waals surface area contributed by atoms with Gasteiger partial charge in [0.2, 0.25) is 0 Å². The molecule has 0 saturated carbocycles. The lowest BCUT2D eigenvalue weighted by molar-refractivity contribution is 0.279. The predicted octanol–water partition coefficient (Wildman–Crippen LogP) is 2.13. The van der Waals surface area contributed by atoms with Gasteiger partial charge >= 0.3 is 0 Å². The summed E-state index contributed by atoms with van der Waals surface area (Å²) in [5.41, 5.74) is 0.871. The van der Waals surface area contributed by atoms with E-state index in [1.165, 1.54) is 0 Å². The molecule has 0 heterocycles. The minimum atomic E-state index is 0.0542. The first-order valence-electron chi connectivity index (χ1n) is 4.30. The van der Waals surface area contributed by atoms with Gasteiger partial charge in [-0.2, -0.15) is 0 Å². The zero-order chi connectivity index (χ0) is 9.52. The Kier molecular flexibility index (Phi) is 4.06. The number of aliphatic hydroxyl groups is 1. The molecule has 0 aliphatic carbocycles. The Balaban J connectivity index is 2.50. The van der Waals surface area contributed by atoms with Gasteiger partial charge in [0, 0.05) is 0 Å². The van der Waals surface area contributed by atoms with Crippen LogP contribution in [0.2, 0.25) is 0 Å². The van der Waals surface area contributed by atoms with E-state index in [2.05, 4.69) is 6.58 Å². The van der Waals surface area contributed by atoms with Crippen molar-refractivity contribution < 1.29 is 9.84 Å². The second-order valence-corrected chi connectivity index (χ2v) is 2.73. The van der Waals surface area contributed by atoms with Crippen LogP contribution in [0.4, 0.5) is 0 Å². The van der Waals surface area contributed by atoms with Crippen molar-refractivity contribution in [2.24, 2.45) is 0 Å². The van der Waals surface area contributed by atoms with Crippen molar-refractivity contribution in [2.45, 2.75) is 13.0 Å². The first kappa shape index (κ1) is 9.81. The van der Waals surface area contributed by atoms with E-state index in [4.69, 9.17) is 9.84 Å². The average Bonchev–Trinajstić information content (AvgIpc) is 2.19. The molecule has 0 saturated heterocycles. The van der Waals surface area contributed by atoms with Gasteiger partial charge in [0.1, 0.15) is 5.75 Å². The maximum Gasteiger partial charge on any atom is 0.119 e. The molecule has 0 unspecified atom stereocenters. The van der Waals surface area contributed by atoms with E-state index in [9.17, 15) is 0 Å². The lowest BCUT2D eigenvalue weighted by atomic mass is 10.2. The number of hydrogen-bond donors (Lipinski definition) is 1. The molecular formula is C11H14O2. The molecule has 0 aliphatic heterocycles. The summed E-state index contributed by atoms with van der Waals surface area (Å²) in [5, 5.41) is 8.86. The molecule has 0 fully saturated rings. The van der Waals surface area contributed by atoms with Crippen LogP contribution in [0.5, 0.6) is 5.75 Å². The van der Waals surface area contributed by atoms with Crippen LogP contribution in [-0.4, -0.2) is 11.7 Å². The number of ether oxygens (including phenoxy) is 1. The molecule has 1 aromatic carbocycles. The van der Waals surface area contributed by atoms with Crippen LogP contribution in [-0.2, 0) is 6.61 Å². The van der Waals surface area contributed by atoms with Gasteiger partial charge in [-0.25, -0.2) is 0 Å². The van der Waals surface area contributed by atoms with E-state index in [0.29, 0.717) is 6.61 Å². The first-order valence-corrected chi connectivity index (χ1v) is 4.30. The maximum absolute atomic E-state index is 8.86. The maximum atomic E-state index is 8.86. The number of rotatable bonds is 5. The summed E-state index contributed by atoms with van der Waals surface area (Å²) in [5.74, 6) is 0.799. The van der Waals surface area contributed by atoms with Crippen molar-refractivity contribution >= 4 is 0 Å². The summed E-state index contributed by atoms with van der Waals surface area (Å²) in [6.45, 7) is 4.30. The fourth-order valence-electron chi connectivity index (χ4n) is 0.994. The smallest absolute Gasteiger partial charge is 0.119 e. The van der Waals surface area contributed by atoms with E-state index in [-0.39, 0.29) is 6.61 Å². The van der Waals surface area contributed by atoms with Crippen LogP contribution in [0.3, 0.4) is 0 Å². The third kappa shape index (κ3) is 3.30. The van der Waals surface area contributed by atoms with Crippen LogP contribution >= 0.6 is 0 Å². The van der Waals surface area contributed by atoms with Crippen molar-refractivity contribution in [3.63, 3.8) is 0 Å². The second-order valence-electron chi connectivity index (χ2n) is 2.73. The number of aliphatic hydroxyl groups excluding tert-OH is 1. The van der Waals surface area contributed by atoms with Gasteiger partial charge in [-0.15, -0.1) is 6.58 Å². The summed E-state index contributed by atoms with van der Waals surface area (Å²) in [6.07, 6.45) is 2.65. The van der Waals surface area contributed by atoms with Gasteiger partial charge in [-0.3, -0.25) is 0 Å². The van der Waals surface area contributed by atoms with Crippen molar-refractivity contribution in [1.82, 2.24) is 0 Å². The van der Waals surface area contributed by atoms with Crippen molar-refractivity contribution in [3.05, 3.63) is 42.5 Å². The molecule has 0 amide bonds. The molecule has 13 heavy (non-hydrogen) atoms. The van der Waals surface area contributed by atoms with Gasteiger partial charge in [0.05, 0.1) is 13.2 Å². The summed E-state index contributed by atoms with van der Waals surface area (Å²) >= 11 is 0. The Labute approximate surface area is 78.5 Å². The Morgan fingerprint density at radius 3 is 3.00 bits per heavy atom. The highest BCUT2D eigenvalue weighted by Crippen LogP contribution is 2.13. The second kappa shape index (κ2) is 5.38. The van der Waals surface area contributed by atoms with E-state index in [0.717, 1.165) is 17.7 Å². The predicted molar refractivity (Wildman–Crippen MR) is 52.7 cm³/mol. The minimum Gasteiger partial charge on any atom is -0.493 e. The van der Waals surface area contributed by atoms with Gasteiger partial charge < -0.3 is 9.84 Å². The molecular weight excluding hydrogens is 164 g/mol. The molecule has 2 nitrogen and oxygen atoms in total. The molecule has 1 aromatic rings. The van der Waals surface area contributed by atoms with Crippen LogP contribution in [0.15, 0.2) is 36.9 Å². The average molecular weight is 178 g/mol. The lowest BCUT2D eigenvalue weighted by Crippen LogP contribution is -1.95. The first-order chi connectivity index (χ1) is 6.36. The van der Waals surface area contributed by atoms with Crippen LogP contribution in [0, 0.1) is 0 Å². The van der Waals surface area contributed by atoms with E-state index in [1.807, 2.05) is 30.3 Å². The van der Waals surface area contributed by atoms with Gasteiger partial charge in [-0.05, 0) is 24.1 Å². The van der Waals surface area contributed by atoms with Crippen LogP contribution in [0.25, 0.3) is 0 Å². The topological polar surface area (TPSA) is 29.5 Å². The highest BCUT2D eigenvalue weighted by Gasteiger charge is 1.94. The Hall–Kier alpha value is -1.28. The third-order valence-corrected chi connectivity index (χ3v) is 1.67. The Morgan fingerprint density at radius 2 is 2.31 bits per heavy atom. The molecule has 0 atom stereocenters. The molecule has 1 rings (SSSR count). The third-order valence-electron chi connectivity index (χ3n) is 1.67. The number of hydrogen-bond acceptors (Lipinski definition) is 2. The lowest BCUT2D eigenvalue weighted by Gasteiger charge is -2.05. The fraction of sp³-hybridized carbons (Fsp3) is 0.273. The normalized spacial score (nSPS) is 9.62. The molecule has 0 bridgehead atoms. The highest BCUT2D eigenvalue weighted by atomic mass is 16.5. The molecule has 0 aliphatic rings. The van der Waals surface area contributed by atoms with E-state index >= 15 is 0 Å². The summed E-state index contributed by atoms with van der Waals surface area (Å²) in [7, 11) is 0. The molecule has 0 radical (unpaired) electrons. The van der Waals surface area contributed by atoms with Crippen molar-refractivity contribution in [3.8, 4) is 5.75 Å². The number of benzene rings is 1. The SMILES string of the molecule is C=CCCOc1cccc(CO)c1. The Bertz CT molecular complexity index is 269. The molecule has 70 valence electrons. The highest BCUT2D eigenvalue weighted by molar-refractivity contribution is 5.27. The molecule has 0 spiro atoms. The van der Waals surface area contributed by atoms with Gasteiger partial charge in [-0.1, -0.05) is 18.2 Å². The standard InChI is InChI=1S/C11H14O2/c1-2-3-7-13-11-6-4-5-10(8-11)9-12/h2,4-6,8,12H,1,3,7,9H2. The molecule has 0 aromatic heterocycles. The zero-order valence-electron chi connectivity index (χ0n) is 7.57. The largest absolute Gasteiger partial charge is 0.493 e. The zero-order valence-corrected chi connectivity index (χ0v) is 7.57. The van der Waals surface area contributed by atoms with Crippen molar-refractivity contribution in [1.29, 1.82) is 0 Å². The quantitative estimate of drug-likeness (QED) is 0.553. The summed E-state index contributed by atoms with van der Waals surface area (Å²) in [4.78, 5) is 0. The Morgan fingerprint density at radius 1 is 1.46 bits per heavy atom. The molecule has 2 heteroatoms. The summed E-state index contributed by atoms with van der Waals surface area (Å²) in [6, 6.07) is 7.44. The molecule has 1 N–H and O–H groups in total. The minimum absolute atomic E-state index is 0.0542. The monoisotopic (exact) mass is 178 g/mol. The van der Waals surface area contributed by atoms with Crippen LogP contribution in [0.1, 0.15) is 12.0 Å². The fourth-order valence-corrected chi connectivity index (χ4v) is 0.994. The van der Waals surface area contributed by atoms with Gasteiger partial charge in [0.25, 0.3) is 0 Å². The van der Waals surface area contributed by atoms with E-state index < -0.39 is 0 Å².